The fraction of sp³-hybridized carbons (Fsp3) is 0.552. The molecule has 0 aromatic heterocycles. The number of anilines is 1. The van der Waals surface area contributed by atoms with Crippen molar-refractivity contribution in [3.05, 3.63) is 59.2 Å². The summed E-state index contributed by atoms with van der Waals surface area (Å²) in [7, 11) is 0. The zero-order chi connectivity index (χ0) is 27.3. The molecular formula is C29H39F3N4O2. The molecule has 1 amide bonds. The summed E-state index contributed by atoms with van der Waals surface area (Å²) in [5, 5.41) is 6.53. The van der Waals surface area contributed by atoms with E-state index in [1.807, 2.05) is 39.0 Å². The van der Waals surface area contributed by atoms with Gasteiger partial charge >= 0.3 is 6.18 Å². The fourth-order valence-corrected chi connectivity index (χ4v) is 4.72. The van der Waals surface area contributed by atoms with Crippen LogP contribution in [0.15, 0.2) is 42.5 Å². The van der Waals surface area contributed by atoms with Gasteiger partial charge < -0.3 is 20.3 Å². The lowest BCUT2D eigenvalue weighted by atomic mass is 10.1. The molecule has 1 fully saturated rings. The lowest BCUT2D eigenvalue weighted by Gasteiger charge is -2.28. The molecule has 9 heteroatoms. The van der Waals surface area contributed by atoms with Crippen LogP contribution in [0.25, 0.3) is 0 Å². The zero-order valence-corrected chi connectivity index (χ0v) is 22.5. The number of nitrogens with one attached hydrogen (secondary N) is 2. The van der Waals surface area contributed by atoms with Crippen LogP contribution >= 0.6 is 0 Å². The van der Waals surface area contributed by atoms with Crippen LogP contribution in [-0.4, -0.2) is 60.6 Å². The molecule has 1 aliphatic carbocycles. The average Bonchev–Trinajstić information content (AvgIpc) is 3.67. The maximum absolute atomic E-state index is 13.6. The second-order valence-corrected chi connectivity index (χ2v) is 11.3. The number of amides is 1. The lowest BCUT2D eigenvalue weighted by Crippen LogP contribution is -2.44. The maximum atomic E-state index is 13.6. The van der Waals surface area contributed by atoms with Crippen molar-refractivity contribution in [3.8, 4) is 5.75 Å². The molecule has 208 valence electrons. The number of benzene rings is 2. The predicted octanol–water partition coefficient (Wildman–Crippen LogP) is 5.14. The van der Waals surface area contributed by atoms with Crippen LogP contribution in [0.1, 0.15) is 50.3 Å². The lowest BCUT2D eigenvalue weighted by molar-refractivity contribution is -0.139. The van der Waals surface area contributed by atoms with Gasteiger partial charge in [0.25, 0.3) is 0 Å². The highest BCUT2D eigenvalue weighted by atomic mass is 19.4. The van der Waals surface area contributed by atoms with Crippen LogP contribution in [-0.2, 0) is 24.1 Å². The minimum Gasteiger partial charge on any atom is -0.490 e. The van der Waals surface area contributed by atoms with E-state index < -0.39 is 11.7 Å². The number of rotatable bonds is 10. The molecule has 0 atom stereocenters. The van der Waals surface area contributed by atoms with Crippen molar-refractivity contribution in [2.75, 3.05) is 44.6 Å². The number of nitrogens with zero attached hydrogens (tertiary/aromatic N) is 2. The Kier molecular flexibility index (Phi) is 8.88. The summed E-state index contributed by atoms with van der Waals surface area (Å²) in [4.78, 5) is 17.3. The van der Waals surface area contributed by atoms with E-state index in [1.165, 1.54) is 29.9 Å². The first kappa shape index (κ1) is 28.2. The Morgan fingerprint density at radius 2 is 1.87 bits per heavy atom. The van der Waals surface area contributed by atoms with Crippen molar-refractivity contribution >= 4 is 11.6 Å². The second kappa shape index (κ2) is 11.9. The summed E-state index contributed by atoms with van der Waals surface area (Å²) in [5.74, 6) is 1.26. The SMILES string of the molecule is CC(C)(C)NCCN(Cc1ccccc1C(F)(F)F)C(=O)CNc1cccc2c1OCCN(CC1CC1)C2. The Balaban J connectivity index is 1.46. The second-order valence-electron chi connectivity index (χ2n) is 11.3. The van der Waals surface area contributed by atoms with E-state index >= 15 is 0 Å². The van der Waals surface area contributed by atoms with Crippen LogP contribution in [0, 0.1) is 5.92 Å². The average molecular weight is 533 g/mol. The van der Waals surface area contributed by atoms with E-state index in [0.717, 1.165) is 48.6 Å². The smallest absolute Gasteiger partial charge is 0.416 e. The van der Waals surface area contributed by atoms with Gasteiger partial charge in [-0.2, -0.15) is 13.2 Å². The Morgan fingerprint density at radius 1 is 1.11 bits per heavy atom. The molecule has 2 aromatic rings. The molecule has 0 unspecified atom stereocenters. The van der Waals surface area contributed by atoms with Crippen molar-refractivity contribution < 1.29 is 22.7 Å². The normalized spacial score (nSPS) is 16.4. The van der Waals surface area contributed by atoms with E-state index in [4.69, 9.17) is 4.74 Å². The Hall–Kier alpha value is -2.78. The third-order valence-electron chi connectivity index (χ3n) is 6.86. The molecule has 2 aliphatic rings. The summed E-state index contributed by atoms with van der Waals surface area (Å²) < 4.78 is 47.0. The molecule has 2 aromatic carbocycles. The number of carbonyl (C=O) groups excluding carboxylic acids is 1. The molecule has 0 bridgehead atoms. The van der Waals surface area contributed by atoms with Crippen molar-refractivity contribution in [3.63, 3.8) is 0 Å². The maximum Gasteiger partial charge on any atom is 0.416 e. The number of ether oxygens (including phenoxy) is 1. The van der Waals surface area contributed by atoms with Crippen LogP contribution in [0.3, 0.4) is 0 Å². The van der Waals surface area contributed by atoms with Gasteiger partial charge in [-0.1, -0.05) is 30.3 Å². The monoisotopic (exact) mass is 532 g/mol. The Bertz CT molecular complexity index is 1100. The molecule has 1 saturated carbocycles. The molecule has 6 nitrogen and oxygen atoms in total. The number of fused-ring (bicyclic) bond motifs is 1. The zero-order valence-electron chi connectivity index (χ0n) is 22.5. The summed E-state index contributed by atoms with van der Waals surface area (Å²) in [5.41, 5.74) is 0.991. The van der Waals surface area contributed by atoms with Gasteiger partial charge in [0.15, 0.2) is 0 Å². The number of hydrogen-bond acceptors (Lipinski definition) is 5. The Morgan fingerprint density at radius 3 is 2.58 bits per heavy atom. The van der Waals surface area contributed by atoms with Gasteiger partial charge in [0.05, 0.1) is 17.8 Å². The molecule has 2 N–H and O–H groups in total. The third-order valence-corrected chi connectivity index (χ3v) is 6.86. The molecule has 0 spiro atoms. The number of halogens is 3. The summed E-state index contributed by atoms with van der Waals surface area (Å²) in [6.45, 7) is 9.90. The molecule has 1 heterocycles. The van der Waals surface area contributed by atoms with Gasteiger partial charge in [-0.3, -0.25) is 9.69 Å². The quantitative estimate of drug-likeness (QED) is 0.444. The fourth-order valence-electron chi connectivity index (χ4n) is 4.72. The Labute approximate surface area is 223 Å². The largest absolute Gasteiger partial charge is 0.490 e. The molecule has 0 saturated heterocycles. The molecular weight excluding hydrogens is 493 g/mol. The van der Waals surface area contributed by atoms with Crippen molar-refractivity contribution in [1.29, 1.82) is 0 Å². The standard InChI is InChI=1S/C29H39F3N4O2/c1-28(2,3)34-13-14-36(20-22-7-4-5-9-24(22)29(30,31)32)26(37)17-33-25-10-6-8-23-19-35(18-21-11-12-21)15-16-38-27(23)25/h4-10,21,33-34H,11-20H2,1-3H3. The number of carbonyl (C=O) groups is 1. The van der Waals surface area contributed by atoms with Crippen molar-refractivity contribution in [2.45, 2.75) is 58.4 Å². The first-order chi connectivity index (χ1) is 18.0. The number of alkyl halides is 3. The van der Waals surface area contributed by atoms with Gasteiger partial charge in [0.1, 0.15) is 12.4 Å². The van der Waals surface area contributed by atoms with E-state index in [0.29, 0.717) is 13.2 Å². The van der Waals surface area contributed by atoms with Gasteiger partial charge in [-0.25, -0.2) is 0 Å². The summed E-state index contributed by atoms with van der Waals surface area (Å²) in [6.07, 6.45) is -1.90. The van der Waals surface area contributed by atoms with Crippen LogP contribution in [0.2, 0.25) is 0 Å². The minimum absolute atomic E-state index is 0.0463. The number of para-hydroxylation sites is 1. The minimum atomic E-state index is -4.49. The van der Waals surface area contributed by atoms with E-state index in [9.17, 15) is 18.0 Å². The molecule has 4 rings (SSSR count). The first-order valence-corrected chi connectivity index (χ1v) is 13.4. The highest BCUT2D eigenvalue weighted by Crippen LogP contribution is 2.35. The first-order valence-electron chi connectivity index (χ1n) is 13.4. The molecule has 38 heavy (non-hydrogen) atoms. The topological polar surface area (TPSA) is 56.8 Å². The van der Waals surface area contributed by atoms with Crippen molar-refractivity contribution in [2.24, 2.45) is 5.92 Å². The molecule has 1 aliphatic heterocycles. The number of hydrogen-bond donors (Lipinski definition) is 2. The van der Waals surface area contributed by atoms with Crippen LogP contribution < -0.4 is 15.4 Å². The van der Waals surface area contributed by atoms with E-state index in [2.05, 4.69) is 15.5 Å². The van der Waals surface area contributed by atoms with E-state index in [1.54, 1.807) is 6.07 Å². The van der Waals surface area contributed by atoms with Gasteiger partial charge in [0.2, 0.25) is 5.91 Å². The molecule has 0 radical (unpaired) electrons. The summed E-state index contributed by atoms with van der Waals surface area (Å²) in [6, 6.07) is 11.3. The predicted molar refractivity (Wildman–Crippen MR) is 143 cm³/mol. The van der Waals surface area contributed by atoms with Gasteiger partial charge in [0, 0.05) is 50.4 Å². The van der Waals surface area contributed by atoms with Crippen LogP contribution in [0.4, 0.5) is 18.9 Å². The van der Waals surface area contributed by atoms with E-state index in [-0.39, 0.29) is 36.6 Å². The van der Waals surface area contributed by atoms with Gasteiger partial charge in [-0.15, -0.1) is 0 Å². The van der Waals surface area contributed by atoms with Crippen molar-refractivity contribution in [1.82, 2.24) is 15.1 Å². The van der Waals surface area contributed by atoms with Crippen LogP contribution in [0.5, 0.6) is 5.75 Å². The third kappa shape index (κ3) is 8.11. The van der Waals surface area contributed by atoms with Gasteiger partial charge in [-0.05, 0) is 57.2 Å². The highest BCUT2D eigenvalue weighted by molar-refractivity contribution is 5.81. The summed E-state index contributed by atoms with van der Waals surface area (Å²) >= 11 is 0. The highest BCUT2D eigenvalue weighted by Gasteiger charge is 2.33.